The molecule has 0 fully saturated rings. The second kappa shape index (κ2) is 5.46. The molecular weight excluding hydrogens is 195 g/mol. The van der Waals surface area contributed by atoms with Crippen molar-refractivity contribution < 1.29 is 9.18 Å². The van der Waals surface area contributed by atoms with Gasteiger partial charge in [0, 0.05) is 25.2 Å². The third-order valence-corrected chi connectivity index (χ3v) is 2.10. The largest absolute Gasteiger partial charge is 0.330 e. The van der Waals surface area contributed by atoms with Gasteiger partial charge in [-0.25, -0.2) is 4.39 Å². The van der Waals surface area contributed by atoms with Gasteiger partial charge in [0.2, 0.25) is 5.91 Å². The van der Waals surface area contributed by atoms with Crippen molar-refractivity contribution in [3.05, 3.63) is 30.1 Å². The molecule has 0 bridgehead atoms. The molecule has 1 rings (SSSR count). The van der Waals surface area contributed by atoms with Crippen molar-refractivity contribution in [3.8, 4) is 0 Å². The highest BCUT2D eigenvalue weighted by Gasteiger charge is 2.12. The zero-order valence-corrected chi connectivity index (χ0v) is 8.74. The van der Waals surface area contributed by atoms with E-state index in [2.05, 4.69) is 0 Å². The van der Waals surface area contributed by atoms with Crippen LogP contribution < -0.4 is 10.6 Å². The molecule has 0 aliphatic carbocycles. The molecule has 1 amide bonds. The van der Waals surface area contributed by atoms with Crippen molar-refractivity contribution >= 4 is 11.6 Å². The maximum absolute atomic E-state index is 13.0. The lowest BCUT2D eigenvalue weighted by Crippen LogP contribution is -2.32. The van der Waals surface area contributed by atoms with Gasteiger partial charge >= 0.3 is 0 Å². The first-order valence-corrected chi connectivity index (χ1v) is 4.95. The van der Waals surface area contributed by atoms with E-state index < -0.39 is 0 Å². The fourth-order valence-corrected chi connectivity index (χ4v) is 1.41. The Morgan fingerprint density at radius 2 is 2.27 bits per heavy atom. The van der Waals surface area contributed by atoms with Gasteiger partial charge in [0.15, 0.2) is 0 Å². The van der Waals surface area contributed by atoms with E-state index in [1.54, 1.807) is 12.1 Å². The van der Waals surface area contributed by atoms with E-state index in [0.717, 1.165) is 0 Å². The Hall–Kier alpha value is -1.42. The third-order valence-electron chi connectivity index (χ3n) is 2.10. The fourth-order valence-electron chi connectivity index (χ4n) is 1.41. The number of carbonyl (C=O) groups is 1. The standard InChI is InChI=1S/C11H15FN2O/c1-2-14(11(15)6-7-13)10-5-3-4-9(12)8-10/h3-5,8H,2,6-7,13H2,1H3. The van der Waals surface area contributed by atoms with Crippen LogP contribution in [0.5, 0.6) is 0 Å². The first kappa shape index (κ1) is 11.7. The van der Waals surface area contributed by atoms with Crippen molar-refractivity contribution in [2.75, 3.05) is 18.0 Å². The molecule has 0 aromatic heterocycles. The first-order chi connectivity index (χ1) is 7.19. The molecule has 3 nitrogen and oxygen atoms in total. The number of hydrogen-bond acceptors (Lipinski definition) is 2. The summed E-state index contributed by atoms with van der Waals surface area (Å²) in [6.45, 7) is 2.67. The lowest BCUT2D eigenvalue weighted by molar-refractivity contribution is -0.118. The average molecular weight is 210 g/mol. The molecule has 0 radical (unpaired) electrons. The monoisotopic (exact) mass is 210 g/mol. The summed E-state index contributed by atoms with van der Waals surface area (Å²) >= 11 is 0. The van der Waals surface area contributed by atoms with Gasteiger partial charge in [-0.15, -0.1) is 0 Å². The van der Waals surface area contributed by atoms with E-state index in [1.165, 1.54) is 17.0 Å². The lowest BCUT2D eigenvalue weighted by atomic mass is 10.2. The molecule has 0 heterocycles. The van der Waals surface area contributed by atoms with Gasteiger partial charge in [-0.1, -0.05) is 6.07 Å². The van der Waals surface area contributed by atoms with Crippen molar-refractivity contribution in [2.24, 2.45) is 5.73 Å². The van der Waals surface area contributed by atoms with Crippen LogP contribution in [0.2, 0.25) is 0 Å². The summed E-state index contributed by atoms with van der Waals surface area (Å²) in [5.74, 6) is -0.419. The molecular formula is C11H15FN2O. The quantitative estimate of drug-likeness (QED) is 0.819. The Morgan fingerprint density at radius 1 is 1.53 bits per heavy atom. The number of nitrogens with zero attached hydrogens (tertiary/aromatic N) is 1. The molecule has 0 spiro atoms. The van der Waals surface area contributed by atoms with Gasteiger partial charge in [-0.2, -0.15) is 0 Å². The van der Waals surface area contributed by atoms with Crippen LogP contribution in [0.4, 0.5) is 10.1 Å². The highest BCUT2D eigenvalue weighted by molar-refractivity contribution is 5.93. The Kier molecular flexibility index (Phi) is 4.24. The number of halogens is 1. The second-order valence-corrected chi connectivity index (χ2v) is 3.16. The zero-order chi connectivity index (χ0) is 11.3. The molecule has 0 aliphatic heterocycles. The molecule has 0 aliphatic rings. The number of amides is 1. The minimum absolute atomic E-state index is 0.0781. The summed E-state index contributed by atoms with van der Waals surface area (Å²) in [6, 6.07) is 5.99. The molecule has 0 unspecified atom stereocenters. The van der Waals surface area contributed by atoms with Crippen LogP contribution in [0.3, 0.4) is 0 Å². The van der Waals surface area contributed by atoms with E-state index in [4.69, 9.17) is 5.73 Å². The van der Waals surface area contributed by atoms with Gasteiger partial charge in [0.1, 0.15) is 5.82 Å². The number of carbonyl (C=O) groups excluding carboxylic acids is 1. The van der Waals surface area contributed by atoms with E-state index in [1.807, 2.05) is 6.92 Å². The van der Waals surface area contributed by atoms with Crippen molar-refractivity contribution in [1.82, 2.24) is 0 Å². The summed E-state index contributed by atoms with van der Waals surface area (Å²) in [5.41, 5.74) is 5.89. The van der Waals surface area contributed by atoms with Gasteiger partial charge in [0.05, 0.1) is 0 Å². The molecule has 2 N–H and O–H groups in total. The molecule has 1 aromatic rings. The smallest absolute Gasteiger partial charge is 0.228 e. The third kappa shape index (κ3) is 3.02. The van der Waals surface area contributed by atoms with Crippen molar-refractivity contribution in [3.63, 3.8) is 0 Å². The lowest BCUT2D eigenvalue weighted by Gasteiger charge is -2.20. The maximum Gasteiger partial charge on any atom is 0.228 e. The van der Waals surface area contributed by atoms with Gasteiger partial charge in [0.25, 0.3) is 0 Å². The highest BCUT2D eigenvalue weighted by atomic mass is 19.1. The number of benzene rings is 1. The number of anilines is 1. The van der Waals surface area contributed by atoms with Crippen LogP contribution in [-0.4, -0.2) is 19.0 Å². The summed E-state index contributed by atoms with van der Waals surface area (Å²) in [4.78, 5) is 13.1. The topological polar surface area (TPSA) is 46.3 Å². The van der Waals surface area contributed by atoms with E-state index in [0.29, 0.717) is 18.8 Å². The second-order valence-electron chi connectivity index (χ2n) is 3.16. The highest BCUT2D eigenvalue weighted by Crippen LogP contribution is 2.15. The number of rotatable bonds is 4. The Labute approximate surface area is 88.7 Å². The Morgan fingerprint density at radius 3 is 2.80 bits per heavy atom. The SMILES string of the molecule is CCN(C(=O)CCN)c1cccc(F)c1. The molecule has 0 saturated carbocycles. The summed E-state index contributed by atoms with van der Waals surface area (Å²) < 4.78 is 13.0. The van der Waals surface area contributed by atoms with Crippen LogP contribution in [0.15, 0.2) is 24.3 Å². The summed E-state index contributed by atoms with van der Waals surface area (Å²) in [7, 11) is 0. The normalized spacial score (nSPS) is 10.1. The molecule has 82 valence electrons. The number of nitrogens with two attached hydrogens (primary N) is 1. The van der Waals surface area contributed by atoms with Crippen LogP contribution in [-0.2, 0) is 4.79 Å². The fraction of sp³-hybridized carbons (Fsp3) is 0.364. The average Bonchev–Trinajstić information content (AvgIpc) is 2.19. The maximum atomic E-state index is 13.0. The van der Waals surface area contributed by atoms with Gasteiger partial charge < -0.3 is 10.6 Å². The van der Waals surface area contributed by atoms with Crippen LogP contribution >= 0.6 is 0 Å². The summed E-state index contributed by atoms with van der Waals surface area (Å²) in [5, 5.41) is 0. The predicted molar refractivity (Wildman–Crippen MR) is 58.1 cm³/mol. The molecule has 0 saturated heterocycles. The predicted octanol–water partition coefficient (Wildman–Crippen LogP) is 1.53. The van der Waals surface area contributed by atoms with E-state index in [9.17, 15) is 9.18 Å². The minimum atomic E-state index is -0.341. The van der Waals surface area contributed by atoms with Crippen molar-refractivity contribution in [1.29, 1.82) is 0 Å². The Balaban J connectivity index is 2.87. The molecule has 0 atom stereocenters. The van der Waals surface area contributed by atoms with E-state index >= 15 is 0 Å². The van der Waals surface area contributed by atoms with Crippen LogP contribution in [0.25, 0.3) is 0 Å². The summed E-state index contributed by atoms with van der Waals surface area (Å²) in [6.07, 6.45) is 0.282. The van der Waals surface area contributed by atoms with Gasteiger partial charge in [-0.3, -0.25) is 4.79 Å². The molecule has 15 heavy (non-hydrogen) atoms. The zero-order valence-electron chi connectivity index (χ0n) is 8.74. The van der Waals surface area contributed by atoms with Crippen LogP contribution in [0.1, 0.15) is 13.3 Å². The molecule has 4 heteroatoms. The Bertz CT molecular complexity index is 341. The van der Waals surface area contributed by atoms with E-state index in [-0.39, 0.29) is 18.1 Å². The molecule has 1 aromatic carbocycles. The number of hydrogen-bond donors (Lipinski definition) is 1. The van der Waals surface area contributed by atoms with Gasteiger partial charge in [-0.05, 0) is 25.1 Å². The van der Waals surface area contributed by atoms with Crippen LogP contribution in [0, 0.1) is 5.82 Å². The minimum Gasteiger partial charge on any atom is -0.330 e. The first-order valence-electron chi connectivity index (χ1n) is 4.95. The van der Waals surface area contributed by atoms with Crippen molar-refractivity contribution in [2.45, 2.75) is 13.3 Å².